The SMILES string of the molecule is Cc1nc2ccc(Br)cn2c1C(=O)NN=C1CCC(C(C)(C)C)CC1. The van der Waals surface area contributed by atoms with Crippen molar-refractivity contribution in [1.29, 1.82) is 0 Å². The van der Waals surface area contributed by atoms with E-state index in [9.17, 15) is 4.79 Å². The van der Waals surface area contributed by atoms with Gasteiger partial charge in [0.25, 0.3) is 5.91 Å². The number of nitrogens with zero attached hydrogens (tertiary/aromatic N) is 3. The average Bonchev–Trinajstić information content (AvgIpc) is 2.87. The lowest BCUT2D eigenvalue weighted by Crippen LogP contribution is -2.28. The zero-order valence-corrected chi connectivity index (χ0v) is 16.9. The minimum atomic E-state index is -0.214. The molecule has 134 valence electrons. The van der Waals surface area contributed by atoms with E-state index in [4.69, 9.17) is 0 Å². The monoisotopic (exact) mass is 404 g/mol. The fourth-order valence-corrected chi connectivity index (χ4v) is 3.86. The van der Waals surface area contributed by atoms with Gasteiger partial charge in [0.15, 0.2) is 0 Å². The first-order valence-corrected chi connectivity index (χ1v) is 9.55. The summed E-state index contributed by atoms with van der Waals surface area (Å²) in [6, 6.07) is 3.80. The van der Waals surface area contributed by atoms with Crippen molar-refractivity contribution in [3.63, 3.8) is 0 Å². The van der Waals surface area contributed by atoms with Crippen molar-refractivity contribution < 1.29 is 4.79 Å². The molecule has 3 rings (SSSR count). The van der Waals surface area contributed by atoms with Gasteiger partial charge in [-0.3, -0.25) is 9.20 Å². The number of amides is 1. The highest BCUT2D eigenvalue weighted by Crippen LogP contribution is 2.36. The summed E-state index contributed by atoms with van der Waals surface area (Å²) in [6.07, 6.45) is 6.05. The van der Waals surface area contributed by atoms with Gasteiger partial charge in [-0.15, -0.1) is 0 Å². The van der Waals surface area contributed by atoms with Gasteiger partial charge >= 0.3 is 0 Å². The maximum Gasteiger partial charge on any atom is 0.290 e. The number of pyridine rings is 1. The lowest BCUT2D eigenvalue weighted by atomic mass is 9.72. The van der Waals surface area contributed by atoms with Gasteiger partial charge in [0.2, 0.25) is 0 Å². The maximum atomic E-state index is 12.6. The van der Waals surface area contributed by atoms with Gasteiger partial charge in [-0.25, -0.2) is 10.4 Å². The van der Waals surface area contributed by atoms with E-state index in [0.29, 0.717) is 16.8 Å². The topological polar surface area (TPSA) is 58.8 Å². The third-order valence-electron chi connectivity index (χ3n) is 5.07. The summed E-state index contributed by atoms with van der Waals surface area (Å²) >= 11 is 3.44. The van der Waals surface area contributed by atoms with Crippen molar-refractivity contribution in [1.82, 2.24) is 14.8 Å². The highest BCUT2D eigenvalue weighted by Gasteiger charge is 2.28. The number of hydrogen-bond donors (Lipinski definition) is 1. The highest BCUT2D eigenvalue weighted by atomic mass is 79.9. The Hall–Kier alpha value is -1.69. The summed E-state index contributed by atoms with van der Waals surface area (Å²) in [5.41, 5.74) is 6.15. The Morgan fingerprint density at radius 2 is 2.00 bits per heavy atom. The normalized spacial score (nSPS) is 18.4. The minimum Gasteiger partial charge on any atom is -0.294 e. The van der Waals surface area contributed by atoms with Crippen LogP contribution in [0.4, 0.5) is 0 Å². The van der Waals surface area contributed by atoms with Crippen molar-refractivity contribution in [2.75, 3.05) is 0 Å². The molecule has 0 aliphatic heterocycles. The number of aromatic nitrogens is 2. The third-order valence-corrected chi connectivity index (χ3v) is 5.54. The van der Waals surface area contributed by atoms with Crippen LogP contribution in [0.2, 0.25) is 0 Å². The molecule has 0 aromatic carbocycles. The second-order valence-electron chi connectivity index (χ2n) is 7.88. The lowest BCUT2D eigenvalue weighted by Gasteiger charge is -2.34. The first-order chi connectivity index (χ1) is 11.8. The van der Waals surface area contributed by atoms with E-state index in [1.807, 2.05) is 25.3 Å². The smallest absolute Gasteiger partial charge is 0.290 e. The van der Waals surface area contributed by atoms with Crippen LogP contribution < -0.4 is 5.43 Å². The van der Waals surface area contributed by atoms with Crippen LogP contribution in [0.3, 0.4) is 0 Å². The fraction of sp³-hybridized carbons (Fsp3) is 0.526. The molecule has 0 atom stereocenters. The van der Waals surface area contributed by atoms with E-state index in [2.05, 4.69) is 52.2 Å². The van der Waals surface area contributed by atoms with Crippen molar-refractivity contribution in [2.24, 2.45) is 16.4 Å². The Kier molecular flexibility index (Phi) is 5.00. The molecule has 0 radical (unpaired) electrons. The zero-order chi connectivity index (χ0) is 18.2. The molecule has 1 saturated carbocycles. The number of nitrogens with one attached hydrogen (secondary N) is 1. The second kappa shape index (κ2) is 6.90. The molecule has 0 unspecified atom stereocenters. The van der Waals surface area contributed by atoms with Crippen molar-refractivity contribution in [3.05, 3.63) is 34.2 Å². The summed E-state index contributed by atoms with van der Waals surface area (Å²) in [5.74, 6) is 0.508. The van der Waals surface area contributed by atoms with Gasteiger partial charge in [0.05, 0.1) is 5.69 Å². The van der Waals surface area contributed by atoms with Gasteiger partial charge < -0.3 is 0 Å². The molecule has 6 heteroatoms. The minimum absolute atomic E-state index is 0.214. The molecule has 1 N–H and O–H groups in total. The summed E-state index contributed by atoms with van der Waals surface area (Å²) in [5, 5.41) is 4.39. The van der Waals surface area contributed by atoms with E-state index in [0.717, 1.165) is 47.4 Å². The van der Waals surface area contributed by atoms with Crippen molar-refractivity contribution in [2.45, 2.75) is 53.4 Å². The number of aryl methyl sites for hydroxylation is 1. The van der Waals surface area contributed by atoms with Crippen LogP contribution in [-0.4, -0.2) is 21.0 Å². The third kappa shape index (κ3) is 3.94. The number of rotatable bonds is 2. The molecular formula is C19H25BrN4O. The number of fused-ring (bicyclic) bond motifs is 1. The van der Waals surface area contributed by atoms with Crippen molar-refractivity contribution in [3.8, 4) is 0 Å². The van der Waals surface area contributed by atoms with Gasteiger partial charge in [0, 0.05) is 16.4 Å². The average molecular weight is 405 g/mol. The Morgan fingerprint density at radius 3 is 2.64 bits per heavy atom. The molecule has 2 heterocycles. The summed E-state index contributed by atoms with van der Waals surface area (Å²) in [7, 11) is 0. The van der Waals surface area contributed by atoms with Gasteiger partial charge in [-0.1, -0.05) is 20.8 Å². The van der Waals surface area contributed by atoms with E-state index in [-0.39, 0.29) is 5.91 Å². The number of halogens is 1. The molecule has 1 amide bonds. The molecule has 1 fully saturated rings. The first-order valence-electron chi connectivity index (χ1n) is 8.75. The first kappa shape index (κ1) is 18.1. The van der Waals surface area contributed by atoms with E-state index >= 15 is 0 Å². The van der Waals surface area contributed by atoms with Crippen LogP contribution in [0, 0.1) is 18.3 Å². The standard InChI is InChI=1S/C19H25BrN4O/c1-12-17(24-11-14(20)7-10-16(24)21-12)18(25)23-22-15-8-5-13(6-9-15)19(2,3)4/h7,10-11,13H,5-6,8-9H2,1-4H3,(H,23,25). The number of carbonyl (C=O) groups excluding carboxylic acids is 1. The van der Waals surface area contributed by atoms with Gasteiger partial charge in [0.1, 0.15) is 11.3 Å². The predicted octanol–water partition coefficient (Wildman–Crippen LogP) is 4.73. The Bertz CT molecular complexity index is 822. The van der Waals surface area contributed by atoms with E-state index in [1.54, 1.807) is 4.40 Å². The number of carbonyl (C=O) groups is 1. The Labute approximate surface area is 157 Å². The van der Waals surface area contributed by atoms with Crippen LogP contribution in [0.15, 0.2) is 27.9 Å². The van der Waals surface area contributed by atoms with Crippen LogP contribution in [0.1, 0.15) is 62.6 Å². The van der Waals surface area contributed by atoms with E-state index < -0.39 is 0 Å². The molecule has 2 aromatic rings. The van der Waals surface area contributed by atoms with Crippen LogP contribution in [0.5, 0.6) is 0 Å². The quantitative estimate of drug-likeness (QED) is 0.735. The summed E-state index contributed by atoms with van der Waals surface area (Å²) in [6.45, 7) is 8.74. The molecule has 25 heavy (non-hydrogen) atoms. The zero-order valence-electron chi connectivity index (χ0n) is 15.3. The van der Waals surface area contributed by atoms with Gasteiger partial charge in [-0.2, -0.15) is 5.10 Å². The number of imidazole rings is 1. The molecule has 0 spiro atoms. The molecule has 2 aromatic heterocycles. The Morgan fingerprint density at radius 1 is 1.32 bits per heavy atom. The van der Waals surface area contributed by atoms with Crippen molar-refractivity contribution >= 4 is 33.2 Å². The second-order valence-corrected chi connectivity index (χ2v) is 8.80. The highest BCUT2D eigenvalue weighted by molar-refractivity contribution is 9.10. The summed E-state index contributed by atoms with van der Waals surface area (Å²) < 4.78 is 2.70. The largest absolute Gasteiger partial charge is 0.294 e. The molecule has 0 bridgehead atoms. The summed E-state index contributed by atoms with van der Waals surface area (Å²) in [4.78, 5) is 17.1. The Balaban J connectivity index is 1.72. The molecule has 0 saturated heterocycles. The van der Waals surface area contributed by atoms with Gasteiger partial charge in [-0.05, 0) is 72.0 Å². The van der Waals surface area contributed by atoms with E-state index in [1.165, 1.54) is 0 Å². The molecule has 1 aliphatic rings. The number of hydrogen-bond acceptors (Lipinski definition) is 3. The predicted molar refractivity (Wildman–Crippen MR) is 104 cm³/mol. The number of hydrazone groups is 1. The molecule has 1 aliphatic carbocycles. The fourth-order valence-electron chi connectivity index (χ4n) is 3.52. The van der Waals surface area contributed by atoms with Crippen LogP contribution >= 0.6 is 15.9 Å². The maximum absolute atomic E-state index is 12.6. The lowest BCUT2D eigenvalue weighted by molar-refractivity contribution is 0.0947. The molecular weight excluding hydrogens is 380 g/mol. The van der Waals surface area contributed by atoms with Crippen LogP contribution in [-0.2, 0) is 0 Å². The molecule has 5 nitrogen and oxygen atoms in total. The van der Waals surface area contributed by atoms with Crippen LogP contribution in [0.25, 0.3) is 5.65 Å².